The van der Waals surface area contributed by atoms with Crippen LogP contribution in [0.2, 0.25) is 0 Å². The van der Waals surface area contributed by atoms with Crippen molar-refractivity contribution in [3.8, 4) is 5.88 Å². The molecule has 1 atom stereocenters. The van der Waals surface area contributed by atoms with Gasteiger partial charge in [-0.3, -0.25) is 4.79 Å². The average molecular weight is 284 g/mol. The average Bonchev–Trinajstić information content (AvgIpc) is 3.36. The second-order valence-electron chi connectivity index (χ2n) is 5.73. The van der Waals surface area contributed by atoms with Crippen molar-refractivity contribution in [1.82, 2.24) is 9.88 Å². The number of ether oxygens (including phenoxy) is 1. The van der Waals surface area contributed by atoms with E-state index in [0.29, 0.717) is 17.5 Å². The van der Waals surface area contributed by atoms with Gasteiger partial charge in [-0.05, 0) is 43.2 Å². The van der Waals surface area contributed by atoms with Gasteiger partial charge in [0.15, 0.2) is 0 Å². The molecule has 0 spiro atoms. The van der Waals surface area contributed by atoms with Gasteiger partial charge in [0.2, 0.25) is 5.88 Å². The fraction of sp³-hybridized carbons (Fsp3) is 0.412. The van der Waals surface area contributed by atoms with Gasteiger partial charge in [-0.1, -0.05) is 18.2 Å². The van der Waals surface area contributed by atoms with E-state index in [1.165, 1.54) is 12.8 Å². The molecule has 1 aliphatic rings. The van der Waals surface area contributed by atoms with Crippen LogP contribution in [-0.2, 0) is 0 Å². The topological polar surface area (TPSA) is 42.4 Å². The zero-order valence-electron chi connectivity index (χ0n) is 12.7. The highest BCUT2D eigenvalue weighted by Gasteiger charge is 2.33. The molecule has 0 N–H and O–H groups in total. The molecule has 1 amide bonds. The molecule has 4 heteroatoms. The quantitative estimate of drug-likeness (QED) is 0.866. The van der Waals surface area contributed by atoms with Crippen molar-refractivity contribution in [1.29, 1.82) is 0 Å². The Balaban J connectivity index is 1.97. The smallest absolute Gasteiger partial charge is 0.272 e. The van der Waals surface area contributed by atoms with E-state index in [4.69, 9.17) is 4.74 Å². The monoisotopic (exact) mass is 284 g/mol. The van der Waals surface area contributed by atoms with E-state index in [-0.39, 0.29) is 11.9 Å². The first kappa shape index (κ1) is 13.9. The lowest BCUT2D eigenvalue weighted by atomic mass is 10.1. The molecular formula is C17H20N2O2. The van der Waals surface area contributed by atoms with Gasteiger partial charge in [0, 0.05) is 18.5 Å². The number of rotatable bonds is 4. The molecule has 4 nitrogen and oxygen atoms in total. The maximum atomic E-state index is 12.6. The Morgan fingerprint density at radius 2 is 2.10 bits per heavy atom. The number of benzene rings is 1. The number of pyridine rings is 1. The summed E-state index contributed by atoms with van der Waals surface area (Å²) in [5, 5.41) is 1.90. The third-order valence-corrected chi connectivity index (χ3v) is 4.35. The molecule has 0 bridgehead atoms. The van der Waals surface area contributed by atoms with Crippen molar-refractivity contribution >= 4 is 16.7 Å². The van der Waals surface area contributed by atoms with Gasteiger partial charge in [-0.25, -0.2) is 4.98 Å². The van der Waals surface area contributed by atoms with E-state index in [9.17, 15) is 4.79 Å². The van der Waals surface area contributed by atoms with Gasteiger partial charge in [-0.15, -0.1) is 0 Å². The Bertz CT molecular complexity index is 680. The summed E-state index contributed by atoms with van der Waals surface area (Å²) < 4.78 is 5.34. The van der Waals surface area contributed by atoms with Crippen LogP contribution in [0, 0.1) is 5.92 Å². The largest absolute Gasteiger partial charge is 0.481 e. The fourth-order valence-electron chi connectivity index (χ4n) is 2.69. The summed E-state index contributed by atoms with van der Waals surface area (Å²) in [5.74, 6) is 1.10. The van der Waals surface area contributed by atoms with Crippen LogP contribution in [-0.4, -0.2) is 36.0 Å². The highest BCUT2D eigenvalue weighted by Crippen LogP contribution is 2.35. The van der Waals surface area contributed by atoms with Crippen molar-refractivity contribution in [2.75, 3.05) is 14.2 Å². The van der Waals surface area contributed by atoms with Crippen LogP contribution in [0.15, 0.2) is 30.3 Å². The molecule has 21 heavy (non-hydrogen) atoms. The van der Waals surface area contributed by atoms with Crippen LogP contribution < -0.4 is 4.74 Å². The summed E-state index contributed by atoms with van der Waals surface area (Å²) in [6, 6.07) is 9.92. The molecule has 1 heterocycles. The van der Waals surface area contributed by atoms with E-state index in [0.717, 1.165) is 10.8 Å². The number of nitrogens with zero attached hydrogens (tertiary/aromatic N) is 2. The lowest BCUT2D eigenvalue weighted by Gasteiger charge is -2.24. The lowest BCUT2D eigenvalue weighted by molar-refractivity contribution is 0.0720. The Kier molecular flexibility index (Phi) is 3.53. The molecule has 3 rings (SSSR count). The van der Waals surface area contributed by atoms with Gasteiger partial charge in [-0.2, -0.15) is 0 Å². The maximum Gasteiger partial charge on any atom is 0.272 e. The van der Waals surface area contributed by atoms with E-state index >= 15 is 0 Å². The van der Waals surface area contributed by atoms with Gasteiger partial charge >= 0.3 is 0 Å². The summed E-state index contributed by atoms with van der Waals surface area (Å²) in [6.07, 6.45) is 2.43. The standard InChI is InChI=1S/C17H20N2O2/c1-11(12-8-9-12)19(2)17(20)15-10-13-6-4-5-7-14(13)16(18-15)21-3/h4-7,10-12H,8-9H2,1-3H3. The number of carbonyl (C=O) groups is 1. The minimum atomic E-state index is -0.0431. The molecule has 0 radical (unpaired) electrons. The molecule has 0 saturated heterocycles. The van der Waals surface area contributed by atoms with Crippen LogP contribution in [0.1, 0.15) is 30.3 Å². The molecule has 0 aliphatic heterocycles. The van der Waals surface area contributed by atoms with E-state index < -0.39 is 0 Å². The van der Waals surface area contributed by atoms with Crippen LogP contribution >= 0.6 is 0 Å². The highest BCUT2D eigenvalue weighted by molar-refractivity contribution is 5.98. The van der Waals surface area contributed by atoms with E-state index in [1.54, 1.807) is 12.0 Å². The van der Waals surface area contributed by atoms with E-state index in [1.807, 2.05) is 37.4 Å². The molecule has 1 unspecified atom stereocenters. The molecule has 1 aromatic carbocycles. The molecule has 1 aromatic heterocycles. The normalized spacial score (nSPS) is 15.8. The van der Waals surface area contributed by atoms with Gasteiger partial charge in [0.1, 0.15) is 5.69 Å². The minimum absolute atomic E-state index is 0.0431. The number of amides is 1. The lowest BCUT2D eigenvalue weighted by Crippen LogP contribution is -2.36. The summed E-state index contributed by atoms with van der Waals surface area (Å²) >= 11 is 0. The van der Waals surface area contributed by atoms with E-state index in [2.05, 4.69) is 11.9 Å². The summed E-state index contributed by atoms with van der Waals surface area (Å²) in [5.41, 5.74) is 0.445. The van der Waals surface area contributed by atoms with Gasteiger partial charge in [0.25, 0.3) is 5.91 Å². The molecular weight excluding hydrogens is 264 g/mol. The second kappa shape index (κ2) is 5.35. The number of carbonyl (C=O) groups excluding carboxylic acids is 1. The fourth-order valence-corrected chi connectivity index (χ4v) is 2.69. The number of hydrogen-bond acceptors (Lipinski definition) is 3. The van der Waals surface area contributed by atoms with Crippen molar-refractivity contribution in [2.45, 2.75) is 25.8 Å². The van der Waals surface area contributed by atoms with Gasteiger partial charge < -0.3 is 9.64 Å². The number of hydrogen-bond donors (Lipinski definition) is 0. The van der Waals surface area contributed by atoms with Crippen LogP contribution in [0.5, 0.6) is 5.88 Å². The Morgan fingerprint density at radius 1 is 1.38 bits per heavy atom. The van der Waals surface area contributed by atoms with Crippen molar-refractivity contribution in [3.05, 3.63) is 36.0 Å². The Morgan fingerprint density at radius 3 is 2.76 bits per heavy atom. The summed E-state index contributed by atoms with van der Waals surface area (Å²) in [4.78, 5) is 18.8. The molecule has 1 fully saturated rings. The number of fused-ring (bicyclic) bond motifs is 1. The molecule has 1 saturated carbocycles. The predicted octanol–water partition coefficient (Wildman–Crippen LogP) is 3.11. The number of aromatic nitrogens is 1. The summed E-state index contributed by atoms with van der Waals surface area (Å²) in [7, 11) is 3.44. The first-order chi connectivity index (χ1) is 10.1. The second-order valence-corrected chi connectivity index (χ2v) is 5.73. The van der Waals surface area contributed by atoms with Crippen molar-refractivity contribution in [2.24, 2.45) is 5.92 Å². The molecule has 2 aromatic rings. The minimum Gasteiger partial charge on any atom is -0.481 e. The van der Waals surface area contributed by atoms with Gasteiger partial charge in [0.05, 0.1) is 7.11 Å². The van der Waals surface area contributed by atoms with Crippen molar-refractivity contribution < 1.29 is 9.53 Å². The molecule has 1 aliphatic carbocycles. The Hall–Kier alpha value is -2.10. The first-order valence-corrected chi connectivity index (χ1v) is 7.32. The number of methoxy groups -OCH3 is 1. The third kappa shape index (κ3) is 2.58. The maximum absolute atomic E-state index is 12.6. The van der Waals surface area contributed by atoms with Crippen LogP contribution in [0.3, 0.4) is 0 Å². The summed E-state index contributed by atoms with van der Waals surface area (Å²) in [6.45, 7) is 2.11. The third-order valence-electron chi connectivity index (χ3n) is 4.35. The highest BCUT2D eigenvalue weighted by atomic mass is 16.5. The predicted molar refractivity (Wildman–Crippen MR) is 82.6 cm³/mol. The first-order valence-electron chi connectivity index (χ1n) is 7.32. The van der Waals surface area contributed by atoms with Crippen molar-refractivity contribution in [3.63, 3.8) is 0 Å². The zero-order valence-corrected chi connectivity index (χ0v) is 12.7. The van der Waals surface area contributed by atoms with Crippen LogP contribution in [0.25, 0.3) is 10.8 Å². The Labute approximate surface area is 124 Å². The molecule has 110 valence electrons. The zero-order chi connectivity index (χ0) is 15.0. The SMILES string of the molecule is COc1nc(C(=O)N(C)C(C)C2CC2)cc2ccccc12. The van der Waals surface area contributed by atoms with Crippen LogP contribution in [0.4, 0.5) is 0 Å².